The Bertz CT molecular complexity index is 720. The molecule has 0 spiro atoms. The van der Waals surface area contributed by atoms with Gasteiger partial charge in [-0.2, -0.15) is 0 Å². The molecule has 0 saturated carbocycles. The van der Waals surface area contributed by atoms with E-state index < -0.39 is 11.8 Å². The van der Waals surface area contributed by atoms with Crippen LogP contribution < -0.4 is 11.1 Å². The smallest absolute Gasteiger partial charge is 0.248 e. The Morgan fingerprint density at radius 1 is 1.36 bits per heavy atom. The van der Waals surface area contributed by atoms with Crippen LogP contribution in [0.1, 0.15) is 40.2 Å². The van der Waals surface area contributed by atoms with Crippen LogP contribution in [0.4, 0.5) is 5.69 Å². The van der Waals surface area contributed by atoms with Crippen molar-refractivity contribution in [3.63, 3.8) is 0 Å². The summed E-state index contributed by atoms with van der Waals surface area (Å²) in [5, 5.41) is 6.86. The number of nitrogens with one attached hydrogen (secondary N) is 1. The number of benzene rings is 1. The summed E-state index contributed by atoms with van der Waals surface area (Å²) in [6, 6.07) is 4.46. The number of carbonyl (C=O) groups excluding carboxylic acids is 2. The lowest BCUT2D eigenvalue weighted by molar-refractivity contribution is -0.117. The zero-order chi connectivity index (χ0) is 16.4. The molecule has 0 aliphatic carbocycles. The van der Waals surface area contributed by atoms with Gasteiger partial charge in [-0.15, -0.1) is 0 Å². The molecule has 6 nitrogen and oxygen atoms in total. The van der Waals surface area contributed by atoms with Gasteiger partial charge in [0, 0.05) is 11.1 Å². The molecule has 1 heterocycles. The predicted molar refractivity (Wildman–Crippen MR) is 83.0 cm³/mol. The second-order valence-electron chi connectivity index (χ2n) is 5.01. The summed E-state index contributed by atoms with van der Waals surface area (Å²) >= 11 is 6.04. The summed E-state index contributed by atoms with van der Waals surface area (Å²) in [5.41, 5.74) is 7.23. The van der Waals surface area contributed by atoms with Crippen molar-refractivity contribution >= 4 is 29.1 Å². The molecule has 0 aliphatic heterocycles. The van der Waals surface area contributed by atoms with Gasteiger partial charge in [0.1, 0.15) is 5.76 Å². The van der Waals surface area contributed by atoms with Crippen LogP contribution in [0.2, 0.25) is 5.02 Å². The van der Waals surface area contributed by atoms with Crippen LogP contribution in [-0.4, -0.2) is 17.0 Å². The fourth-order valence-corrected chi connectivity index (χ4v) is 2.42. The Balaban J connectivity index is 2.25. The molecule has 2 rings (SSSR count). The fourth-order valence-electron chi connectivity index (χ4n) is 2.25. The Labute approximate surface area is 132 Å². The molecule has 1 atom stereocenters. The Morgan fingerprint density at radius 2 is 2.05 bits per heavy atom. The summed E-state index contributed by atoms with van der Waals surface area (Å²) in [6.07, 6.45) is 0. The molecule has 0 saturated heterocycles. The maximum Gasteiger partial charge on any atom is 0.248 e. The number of nitrogens with zero attached hydrogens (tertiary/aromatic N) is 1. The van der Waals surface area contributed by atoms with Crippen molar-refractivity contribution in [3.8, 4) is 0 Å². The van der Waals surface area contributed by atoms with Crippen molar-refractivity contribution in [2.24, 2.45) is 5.73 Å². The molecule has 1 unspecified atom stereocenters. The average molecular weight is 322 g/mol. The third-order valence-corrected chi connectivity index (χ3v) is 3.75. The number of carbonyl (C=O) groups is 2. The van der Waals surface area contributed by atoms with Crippen molar-refractivity contribution in [1.82, 2.24) is 5.16 Å². The van der Waals surface area contributed by atoms with Crippen molar-refractivity contribution in [2.45, 2.75) is 26.7 Å². The minimum atomic E-state index is -0.592. The number of anilines is 1. The Hall–Kier alpha value is -2.34. The van der Waals surface area contributed by atoms with Gasteiger partial charge in [-0.3, -0.25) is 9.59 Å². The first-order chi connectivity index (χ1) is 10.3. The third kappa shape index (κ3) is 3.12. The van der Waals surface area contributed by atoms with E-state index in [-0.39, 0.29) is 11.5 Å². The lowest BCUT2D eigenvalue weighted by atomic mass is 9.98. The normalized spacial score (nSPS) is 12.0. The van der Waals surface area contributed by atoms with Gasteiger partial charge in [0.05, 0.1) is 22.3 Å². The highest BCUT2D eigenvalue weighted by Gasteiger charge is 2.23. The summed E-state index contributed by atoms with van der Waals surface area (Å²) in [6.45, 7) is 5.27. The number of primary amides is 1. The summed E-state index contributed by atoms with van der Waals surface area (Å²) in [7, 11) is 0. The van der Waals surface area contributed by atoms with Gasteiger partial charge in [0.25, 0.3) is 0 Å². The molecular weight excluding hydrogens is 306 g/mol. The molecule has 2 amide bonds. The van der Waals surface area contributed by atoms with E-state index in [1.165, 1.54) is 18.2 Å². The van der Waals surface area contributed by atoms with Crippen LogP contribution in [0.15, 0.2) is 22.7 Å². The lowest BCUT2D eigenvalue weighted by Crippen LogP contribution is -2.20. The highest BCUT2D eigenvalue weighted by atomic mass is 35.5. The molecule has 116 valence electrons. The molecule has 2 aromatic rings. The highest BCUT2D eigenvalue weighted by molar-refractivity contribution is 6.34. The summed E-state index contributed by atoms with van der Waals surface area (Å²) in [5.74, 6) is -0.749. The molecule has 1 aromatic heterocycles. The van der Waals surface area contributed by atoms with E-state index in [1.54, 1.807) is 20.8 Å². The van der Waals surface area contributed by atoms with Crippen LogP contribution in [0.5, 0.6) is 0 Å². The lowest BCUT2D eigenvalue weighted by Gasteiger charge is -2.13. The minimum absolute atomic E-state index is 0.268. The maximum absolute atomic E-state index is 12.4. The molecule has 7 heteroatoms. The van der Waals surface area contributed by atoms with Gasteiger partial charge in [-0.25, -0.2) is 0 Å². The van der Waals surface area contributed by atoms with Gasteiger partial charge in [0.15, 0.2) is 0 Å². The number of aryl methyl sites for hydroxylation is 2. The molecule has 22 heavy (non-hydrogen) atoms. The SMILES string of the molecule is Cc1noc(C)c1C(C)C(=O)Nc1cc(C(N)=O)ccc1Cl. The number of rotatable bonds is 4. The Kier molecular flexibility index (Phi) is 4.51. The first-order valence-corrected chi connectivity index (χ1v) is 7.02. The second kappa shape index (κ2) is 6.19. The minimum Gasteiger partial charge on any atom is -0.366 e. The zero-order valence-electron chi connectivity index (χ0n) is 12.4. The van der Waals surface area contributed by atoms with Crippen molar-refractivity contribution < 1.29 is 14.1 Å². The average Bonchev–Trinajstić information content (AvgIpc) is 2.79. The largest absolute Gasteiger partial charge is 0.366 e. The highest BCUT2D eigenvalue weighted by Crippen LogP contribution is 2.27. The monoisotopic (exact) mass is 321 g/mol. The topological polar surface area (TPSA) is 98.2 Å². The van der Waals surface area contributed by atoms with Crippen LogP contribution in [0.3, 0.4) is 0 Å². The second-order valence-corrected chi connectivity index (χ2v) is 5.41. The Morgan fingerprint density at radius 3 is 2.59 bits per heavy atom. The maximum atomic E-state index is 12.4. The van der Waals surface area contributed by atoms with E-state index in [9.17, 15) is 9.59 Å². The number of hydrogen-bond donors (Lipinski definition) is 2. The van der Waals surface area contributed by atoms with E-state index in [1.807, 2.05) is 0 Å². The van der Waals surface area contributed by atoms with Crippen LogP contribution in [0, 0.1) is 13.8 Å². The molecule has 3 N–H and O–H groups in total. The van der Waals surface area contributed by atoms with E-state index in [0.29, 0.717) is 22.2 Å². The molecule has 0 bridgehead atoms. The number of nitrogens with two attached hydrogens (primary N) is 1. The molecule has 0 radical (unpaired) electrons. The molecule has 0 fully saturated rings. The van der Waals surface area contributed by atoms with Gasteiger partial charge >= 0.3 is 0 Å². The van der Waals surface area contributed by atoms with Crippen LogP contribution >= 0.6 is 11.6 Å². The van der Waals surface area contributed by atoms with E-state index >= 15 is 0 Å². The number of aromatic nitrogens is 1. The molecule has 0 aliphatic rings. The third-order valence-electron chi connectivity index (χ3n) is 3.42. The van der Waals surface area contributed by atoms with Crippen LogP contribution in [-0.2, 0) is 4.79 Å². The molecular formula is C15H16ClN3O3. The number of amides is 2. The van der Waals surface area contributed by atoms with Crippen molar-refractivity contribution in [1.29, 1.82) is 0 Å². The summed E-state index contributed by atoms with van der Waals surface area (Å²) in [4.78, 5) is 23.6. The van der Waals surface area contributed by atoms with E-state index in [2.05, 4.69) is 10.5 Å². The fraction of sp³-hybridized carbons (Fsp3) is 0.267. The first kappa shape index (κ1) is 16.0. The van der Waals surface area contributed by atoms with Gasteiger partial charge in [0.2, 0.25) is 11.8 Å². The van der Waals surface area contributed by atoms with Crippen LogP contribution in [0.25, 0.3) is 0 Å². The van der Waals surface area contributed by atoms with Crippen molar-refractivity contribution in [3.05, 3.63) is 45.8 Å². The van der Waals surface area contributed by atoms with Gasteiger partial charge in [-0.05, 0) is 39.0 Å². The number of hydrogen-bond acceptors (Lipinski definition) is 4. The standard InChI is InChI=1S/C15H16ClN3O3/c1-7(13-8(2)19-22-9(13)3)15(21)18-12-6-10(14(17)20)4-5-11(12)16/h4-7H,1-3H3,(H2,17,20)(H,18,21). The quantitative estimate of drug-likeness (QED) is 0.904. The van der Waals surface area contributed by atoms with E-state index in [4.69, 9.17) is 21.9 Å². The van der Waals surface area contributed by atoms with E-state index in [0.717, 1.165) is 5.56 Å². The van der Waals surface area contributed by atoms with Gasteiger partial charge < -0.3 is 15.6 Å². The first-order valence-electron chi connectivity index (χ1n) is 6.64. The predicted octanol–water partition coefficient (Wildman–Crippen LogP) is 2.79. The summed E-state index contributed by atoms with van der Waals surface area (Å²) < 4.78 is 5.07. The van der Waals surface area contributed by atoms with Crippen molar-refractivity contribution in [2.75, 3.05) is 5.32 Å². The zero-order valence-corrected chi connectivity index (χ0v) is 13.2. The molecule has 1 aromatic carbocycles. The number of halogens is 1. The van der Waals surface area contributed by atoms with Gasteiger partial charge in [-0.1, -0.05) is 16.8 Å².